The Morgan fingerprint density at radius 2 is 1.79 bits per heavy atom. The van der Waals surface area contributed by atoms with Crippen molar-refractivity contribution in [3.63, 3.8) is 0 Å². The third-order valence-electron chi connectivity index (χ3n) is 5.59. The Kier molecular flexibility index (Phi) is 5.45. The van der Waals surface area contributed by atoms with E-state index < -0.39 is 0 Å². The van der Waals surface area contributed by atoms with E-state index in [4.69, 9.17) is 14.2 Å². The van der Waals surface area contributed by atoms with Gasteiger partial charge in [-0.2, -0.15) is 0 Å². The second-order valence-electron chi connectivity index (χ2n) is 7.19. The summed E-state index contributed by atoms with van der Waals surface area (Å²) in [7, 11) is 4.96. The summed E-state index contributed by atoms with van der Waals surface area (Å²) in [4.78, 5) is 15.3. The lowest BCUT2D eigenvalue weighted by Crippen LogP contribution is -2.36. The van der Waals surface area contributed by atoms with Crippen molar-refractivity contribution in [2.75, 3.05) is 34.5 Å². The molecule has 0 unspecified atom stereocenters. The molecule has 0 radical (unpaired) electrons. The Morgan fingerprint density at radius 3 is 2.52 bits per heavy atom. The van der Waals surface area contributed by atoms with Crippen LogP contribution >= 0.6 is 0 Å². The Labute approximate surface area is 170 Å². The lowest BCUT2D eigenvalue weighted by molar-refractivity contribution is 0.0736. The molecule has 1 aliphatic rings. The quantitative estimate of drug-likeness (QED) is 0.642. The maximum Gasteiger partial charge on any atom is 0.254 e. The highest BCUT2D eigenvalue weighted by Crippen LogP contribution is 2.34. The summed E-state index contributed by atoms with van der Waals surface area (Å²) in [6, 6.07) is 11.9. The fourth-order valence-electron chi connectivity index (χ4n) is 4.02. The van der Waals surface area contributed by atoms with Crippen LogP contribution < -0.4 is 9.47 Å². The standard InChI is InChI=1S/C23H26N2O4/c1-27-12-11-24-10-8-18-19(5-4-6-20(18)24)23(26)25-9-7-16-13-21(28-2)22(29-3)14-17(16)15-25/h4-6,8,10,13-14H,7,9,11-12,15H2,1-3H3. The molecule has 2 aromatic carbocycles. The number of hydrogen-bond donors (Lipinski definition) is 0. The van der Waals surface area contributed by atoms with Crippen LogP contribution in [0.1, 0.15) is 21.5 Å². The van der Waals surface area contributed by atoms with Crippen molar-refractivity contribution in [3.05, 3.63) is 59.3 Å². The van der Waals surface area contributed by atoms with Crippen molar-refractivity contribution in [3.8, 4) is 11.5 Å². The third kappa shape index (κ3) is 3.56. The zero-order valence-electron chi connectivity index (χ0n) is 17.1. The second kappa shape index (κ2) is 8.17. The average Bonchev–Trinajstić information content (AvgIpc) is 3.18. The Bertz CT molecular complexity index is 1040. The van der Waals surface area contributed by atoms with Gasteiger partial charge < -0.3 is 23.7 Å². The molecule has 4 rings (SSSR count). The molecule has 0 fully saturated rings. The molecule has 0 aliphatic carbocycles. The third-order valence-corrected chi connectivity index (χ3v) is 5.59. The van der Waals surface area contributed by atoms with Crippen molar-refractivity contribution < 1.29 is 19.0 Å². The van der Waals surface area contributed by atoms with E-state index in [1.807, 2.05) is 47.5 Å². The molecule has 6 heteroatoms. The monoisotopic (exact) mass is 394 g/mol. The van der Waals surface area contributed by atoms with E-state index in [9.17, 15) is 4.79 Å². The molecule has 1 aliphatic heterocycles. The summed E-state index contributed by atoms with van der Waals surface area (Å²) in [5.74, 6) is 1.48. The van der Waals surface area contributed by atoms with E-state index in [0.717, 1.165) is 40.7 Å². The van der Waals surface area contributed by atoms with Crippen LogP contribution in [0.15, 0.2) is 42.6 Å². The average molecular weight is 394 g/mol. The Morgan fingerprint density at radius 1 is 1.03 bits per heavy atom. The summed E-state index contributed by atoms with van der Waals surface area (Å²) < 4.78 is 18.2. The molecule has 0 saturated heterocycles. The molecule has 0 N–H and O–H groups in total. The predicted octanol–water partition coefficient (Wildman–Crippen LogP) is 3.50. The lowest BCUT2D eigenvalue weighted by atomic mass is 9.97. The first-order valence-corrected chi connectivity index (χ1v) is 9.76. The largest absolute Gasteiger partial charge is 0.493 e. The molecule has 29 heavy (non-hydrogen) atoms. The molecule has 1 aromatic heterocycles. The van der Waals surface area contributed by atoms with Gasteiger partial charge in [-0.25, -0.2) is 0 Å². The van der Waals surface area contributed by atoms with Crippen molar-refractivity contribution >= 4 is 16.8 Å². The number of carbonyl (C=O) groups excluding carboxylic acids is 1. The van der Waals surface area contributed by atoms with Gasteiger partial charge in [0.1, 0.15) is 0 Å². The molecular weight excluding hydrogens is 368 g/mol. The zero-order valence-corrected chi connectivity index (χ0v) is 17.1. The van der Waals surface area contributed by atoms with Crippen LogP contribution in [0.2, 0.25) is 0 Å². The summed E-state index contributed by atoms with van der Waals surface area (Å²) in [5, 5.41) is 0.978. The highest BCUT2D eigenvalue weighted by Gasteiger charge is 2.25. The maximum absolute atomic E-state index is 13.4. The molecule has 0 bridgehead atoms. The molecule has 152 valence electrons. The highest BCUT2D eigenvalue weighted by atomic mass is 16.5. The van der Waals surface area contributed by atoms with Crippen LogP contribution in [0.5, 0.6) is 11.5 Å². The van der Waals surface area contributed by atoms with Gasteiger partial charge in [-0.3, -0.25) is 4.79 Å². The van der Waals surface area contributed by atoms with Crippen LogP contribution in [0.25, 0.3) is 10.9 Å². The normalized spacial score (nSPS) is 13.4. The minimum absolute atomic E-state index is 0.0560. The number of nitrogens with zero attached hydrogens (tertiary/aromatic N) is 2. The zero-order chi connectivity index (χ0) is 20.4. The maximum atomic E-state index is 13.4. The number of amides is 1. The molecule has 3 aromatic rings. The second-order valence-corrected chi connectivity index (χ2v) is 7.19. The van der Waals surface area contributed by atoms with E-state index in [2.05, 4.69) is 4.57 Å². The number of rotatable bonds is 6. The van der Waals surface area contributed by atoms with Crippen LogP contribution in [-0.2, 0) is 24.2 Å². The number of fused-ring (bicyclic) bond motifs is 2. The summed E-state index contributed by atoms with van der Waals surface area (Å²) >= 11 is 0. The smallest absolute Gasteiger partial charge is 0.254 e. The fraction of sp³-hybridized carbons (Fsp3) is 0.348. The number of aromatic nitrogens is 1. The predicted molar refractivity (Wildman–Crippen MR) is 112 cm³/mol. The van der Waals surface area contributed by atoms with Crippen LogP contribution in [0.4, 0.5) is 0 Å². The van der Waals surface area contributed by atoms with Gasteiger partial charge in [0, 0.05) is 49.4 Å². The van der Waals surface area contributed by atoms with Crippen molar-refractivity contribution in [1.82, 2.24) is 9.47 Å². The number of benzene rings is 2. The van der Waals surface area contributed by atoms with Crippen molar-refractivity contribution in [1.29, 1.82) is 0 Å². The number of ether oxygens (including phenoxy) is 3. The van der Waals surface area contributed by atoms with Gasteiger partial charge in [-0.1, -0.05) is 6.07 Å². The van der Waals surface area contributed by atoms with Crippen molar-refractivity contribution in [2.24, 2.45) is 0 Å². The first kappa shape index (κ1) is 19.3. The Hall–Kier alpha value is -2.99. The molecule has 6 nitrogen and oxygen atoms in total. The summed E-state index contributed by atoms with van der Waals surface area (Å²) in [6.45, 7) is 2.64. The first-order chi connectivity index (χ1) is 14.2. The highest BCUT2D eigenvalue weighted by molar-refractivity contribution is 6.06. The van der Waals surface area contributed by atoms with Gasteiger partial charge in [0.05, 0.1) is 20.8 Å². The molecule has 1 amide bonds. The molecular formula is C23H26N2O4. The minimum Gasteiger partial charge on any atom is -0.493 e. The number of methoxy groups -OCH3 is 3. The van der Waals surface area contributed by atoms with E-state index in [0.29, 0.717) is 25.4 Å². The van der Waals surface area contributed by atoms with E-state index in [1.165, 1.54) is 5.56 Å². The molecule has 0 atom stereocenters. The van der Waals surface area contributed by atoms with Gasteiger partial charge in [0.2, 0.25) is 0 Å². The van der Waals surface area contributed by atoms with Crippen LogP contribution in [0.3, 0.4) is 0 Å². The molecule has 2 heterocycles. The van der Waals surface area contributed by atoms with Gasteiger partial charge >= 0.3 is 0 Å². The topological polar surface area (TPSA) is 52.9 Å². The van der Waals surface area contributed by atoms with Gasteiger partial charge in [0.25, 0.3) is 5.91 Å². The number of carbonyl (C=O) groups is 1. The molecule has 0 saturated carbocycles. The van der Waals surface area contributed by atoms with Crippen LogP contribution in [-0.4, -0.2) is 49.9 Å². The number of hydrogen-bond acceptors (Lipinski definition) is 4. The summed E-state index contributed by atoms with van der Waals surface area (Å²) in [5.41, 5.74) is 4.10. The van der Waals surface area contributed by atoms with E-state index >= 15 is 0 Å². The summed E-state index contributed by atoms with van der Waals surface area (Å²) in [6.07, 6.45) is 2.81. The SMILES string of the molecule is COCCn1ccc2c(C(=O)N3CCc4cc(OC)c(OC)cc4C3)cccc21. The van der Waals surface area contributed by atoms with E-state index in [1.54, 1.807) is 21.3 Å². The first-order valence-electron chi connectivity index (χ1n) is 9.76. The Balaban J connectivity index is 1.62. The molecule has 0 spiro atoms. The van der Waals surface area contributed by atoms with Crippen molar-refractivity contribution in [2.45, 2.75) is 19.5 Å². The van der Waals surface area contributed by atoms with Gasteiger partial charge in [-0.05, 0) is 47.9 Å². The lowest BCUT2D eigenvalue weighted by Gasteiger charge is -2.30. The fourth-order valence-corrected chi connectivity index (χ4v) is 4.02. The van der Waals surface area contributed by atoms with Crippen LogP contribution in [0, 0.1) is 0 Å². The minimum atomic E-state index is 0.0560. The van der Waals surface area contributed by atoms with E-state index in [-0.39, 0.29) is 5.91 Å². The van der Waals surface area contributed by atoms with Gasteiger partial charge in [0.15, 0.2) is 11.5 Å². The van der Waals surface area contributed by atoms with Gasteiger partial charge in [-0.15, -0.1) is 0 Å².